The van der Waals surface area contributed by atoms with Crippen LogP contribution in [-0.4, -0.2) is 9.97 Å². The molecule has 0 aliphatic heterocycles. The van der Waals surface area contributed by atoms with E-state index in [-0.39, 0.29) is 17.3 Å². The predicted octanol–water partition coefficient (Wildman–Crippen LogP) is 3.98. The maximum Gasteiger partial charge on any atom is 0.251 e. The van der Waals surface area contributed by atoms with Crippen LogP contribution in [0.2, 0.25) is 5.02 Å². The average molecular weight is 313 g/mol. The van der Waals surface area contributed by atoms with Crippen molar-refractivity contribution >= 4 is 23.4 Å². The number of aromatic amines is 1. The number of nitrogens with zero attached hydrogens (tertiary/aromatic N) is 1. The third kappa shape index (κ3) is 3.61. The summed E-state index contributed by atoms with van der Waals surface area (Å²) in [7, 11) is 0. The number of hydrogen-bond donors (Lipinski definition) is 1. The lowest BCUT2D eigenvalue weighted by Crippen LogP contribution is -2.10. The lowest BCUT2D eigenvalue weighted by Gasteiger charge is -2.08. The molecule has 0 aliphatic carbocycles. The first-order chi connectivity index (χ1) is 9.47. The normalized spacial score (nSPS) is 11.1. The molecule has 0 saturated heterocycles. The lowest BCUT2D eigenvalue weighted by molar-refractivity contribution is 0.617. The fourth-order valence-electron chi connectivity index (χ4n) is 1.63. The van der Waals surface area contributed by atoms with Crippen LogP contribution in [0.15, 0.2) is 34.2 Å². The van der Waals surface area contributed by atoms with Gasteiger partial charge in [-0.25, -0.2) is 9.37 Å². The molecule has 0 fully saturated rings. The van der Waals surface area contributed by atoms with E-state index in [0.29, 0.717) is 21.5 Å². The minimum Gasteiger partial charge on any atom is -0.301 e. The maximum absolute atomic E-state index is 13.6. The van der Waals surface area contributed by atoms with Crippen molar-refractivity contribution in [2.24, 2.45) is 0 Å². The number of halogens is 2. The second-order valence-electron chi connectivity index (χ2n) is 4.62. The first-order valence-corrected chi connectivity index (χ1v) is 7.50. The van der Waals surface area contributed by atoms with Crippen LogP contribution in [0, 0.1) is 5.82 Å². The van der Waals surface area contributed by atoms with Gasteiger partial charge in [-0.2, -0.15) is 0 Å². The summed E-state index contributed by atoms with van der Waals surface area (Å²) < 4.78 is 13.6. The monoisotopic (exact) mass is 312 g/mol. The van der Waals surface area contributed by atoms with Crippen molar-refractivity contribution in [1.29, 1.82) is 0 Å². The lowest BCUT2D eigenvalue weighted by atomic mass is 10.1. The van der Waals surface area contributed by atoms with Crippen LogP contribution < -0.4 is 5.56 Å². The molecule has 1 N–H and O–H groups in total. The van der Waals surface area contributed by atoms with Crippen LogP contribution in [0.3, 0.4) is 0 Å². The van der Waals surface area contributed by atoms with Crippen LogP contribution in [0.25, 0.3) is 0 Å². The van der Waals surface area contributed by atoms with Crippen LogP contribution in [0.5, 0.6) is 0 Å². The molecule has 106 valence electrons. The van der Waals surface area contributed by atoms with Gasteiger partial charge in [0.1, 0.15) is 5.82 Å². The Labute approximate surface area is 125 Å². The van der Waals surface area contributed by atoms with E-state index >= 15 is 0 Å². The van der Waals surface area contributed by atoms with Gasteiger partial charge >= 0.3 is 0 Å². The molecule has 0 spiro atoms. The van der Waals surface area contributed by atoms with E-state index in [4.69, 9.17) is 11.6 Å². The zero-order valence-electron chi connectivity index (χ0n) is 11.1. The maximum atomic E-state index is 13.6. The van der Waals surface area contributed by atoms with Gasteiger partial charge in [0.05, 0.1) is 5.69 Å². The number of thioether (sulfide) groups is 1. The van der Waals surface area contributed by atoms with Gasteiger partial charge in [0.2, 0.25) is 0 Å². The van der Waals surface area contributed by atoms with Crippen LogP contribution in [0.4, 0.5) is 4.39 Å². The quantitative estimate of drug-likeness (QED) is 0.686. The minimum absolute atomic E-state index is 0.161. The number of H-pyrrole nitrogens is 1. The molecule has 0 radical (unpaired) electrons. The van der Waals surface area contributed by atoms with Crippen molar-refractivity contribution in [2.75, 3.05) is 0 Å². The third-order valence-corrected chi connectivity index (χ3v) is 4.00. The first kappa shape index (κ1) is 15.1. The summed E-state index contributed by atoms with van der Waals surface area (Å²) in [5, 5.41) is 0.848. The Morgan fingerprint density at radius 1 is 1.45 bits per heavy atom. The van der Waals surface area contributed by atoms with E-state index in [2.05, 4.69) is 9.97 Å². The second-order valence-corrected chi connectivity index (χ2v) is 5.99. The largest absolute Gasteiger partial charge is 0.301 e. The standard InChI is InChI=1S/C14H14ClFN2OS/c1-8(2)12-6-13(19)18-14(17-12)20-7-9-10(15)4-3-5-11(9)16/h3-6,8H,7H2,1-2H3,(H,17,18,19). The average Bonchev–Trinajstić information content (AvgIpc) is 2.37. The molecular formula is C14H14ClFN2OS. The summed E-state index contributed by atoms with van der Waals surface area (Å²) >= 11 is 7.22. The Bertz CT molecular complexity index is 652. The van der Waals surface area contributed by atoms with Crippen molar-refractivity contribution in [3.63, 3.8) is 0 Å². The molecule has 3 nitrogen and oxygen atoms in total. The summed E-state index contributed by atoms with van der Waals surface area (Å²) in [6.45, 7) is 3.92. The highest BCUT2D eigenvalue weighted by molar-refractivity contribution is 7.98. The van der Waals surface area contributed by atoms with Gasteiger partial charge in [0.25, 0.3) is 5.56 Å². The van der Waals surface area contributed by atoms with E-state index < -0.39 is 0 Å². The highest BCUT2D eigenvalue weighted by Gasteiger charge is 2.10. The number of nitrogens with one attached hydrogen (secondary N) is 1. The molecule has 2 rings (SSSR count). The van der Waals surface area contributed by atoms with E-state index in [0.717, 1.165) is 5.69 Å². The molecule has 1 heterocycles. The van der Waals surface area contributed by atoms with E-state index in [1.165, 1.54) is 23.9 Å². The highest BCUT2D eigenvalue weighted by atomic mass is 35.5. The summed E-state index contributed by atoms with van der Waals surface area (Å²) in [6, 6.07) is 6.04. The van der Waals surface area contributed by atoms with Crippen molar-refractivity contribution in [3.05, 3.63) is 56.7 Å². The van der Waals surface area contributed by atoms with Crippen LogP contribution in [0.1, 0.15) is 31.0 Å². The third-order valence-electron chi connectivity index (χ3n) is 2.75. The van der Waals surface area contributed by atoms with Gasteiger partial charge in [0.15, 0.2) is 5.16 Å². The molecule has 0 aliphatic rings. The number of rotatable bonds is 4. The zero-order chi connectivity index (χ0) is 14.7. The summed E-state index contributed by atoms with van der Waals surface area (Å²) in [6.07, 6.45) is 0. The van der Waals surface area contributed by atoms with Gasteiger partial charge in [-0.1, -0.05) is 43.3 Å². The smallest absolute Gasteiger partial charge is 0.251 e. The molecule has 0 unspecified atom stereocenters. The number of benzene rings is 1. The molecule has 1 aromatic carbocycles. The van der Waals surface area contributed by atoms with Gasteiger partial charge in [0, 0.05) is 22.4 Å². The Balaban J connectivity index is 2.21. The Kier molecular flexibility index (Phi) is 4.83. The van der Waals surface area contributed by atoms with E-state index in [1.54, 1.807) is 12.1 Å². The molecule has 20 heavy (non-hydrogen) atoms. The van der Waals surface area contributed by atoms with Gasteiger partial charge in [-0.05, 0) is 18.1 Å². The predicted molar refractivity (Wildman–Crippen MR) is 79.9 cm³/mol. The molecular weight excluding hydrogens is 299 g/mol. The molecule has 0 amide bonds. The fraction of sp³-hybridized carbons (Fsp3) is 0.286. The van der Waals surface area contributed by atoms with E-state index in [9.17, 15) is 9.18 Å². The van der Waals surface area contributed by atoms with Gasteiger partial charge in [-0.15, -0.1) is 0 Å². The summed E-state index contributed by atoms with van der Waals surface area (Å²) in [5.74, 6) is 0.122. The highest BCUT2D eigenvalue weighted by Crippen LogP contribution is 2.26. The van der Waals surface area contributed by atoms with Crippen molar-refractivity contribution in [2.45, 2.75) is 30.7 Å². The molecule has 0 atom stereocenters. The van der Waals surface area contributed by atoms with Crippen molar-refractivity contribution in [1.82, 2.24) is 9.97 Å². The summed E-state index contributed by atoms with van der Waals surface area (Å²) in [4.78, 5) is 18.5. The number of aromatic nitrogens is 2. The Hall–Kier alpha value is -1.33. The number of hydrogen-bond acceptors (Lipinski definition) is 3. The van der Waals surface area contributed by atoms with Crippen LogP contribution >= 0.6 is 23.4 Å². The SMILES string of the molecule is CC(C)c1cc(=O)[nH]c(SCc2c(F)cccc2Cl)n1. The molecule has 1 aromatic heterocycles. The topological polar surface area (TPSA) is 45.8 Å². The second kappa shape index (κ2) is 6.41. The molecule has 6 heteroatoms. The van der Waals surface area contributed by atoms with Crippen molar-refractivity contribution < 1.29 is 4.39 Å². The van der Waals surface area contributed by atoms with Gasteiger partial charge < -0.3 is 4.98 Å². The van der Waals surface area contributed by atoms with Crippen LogP contribution in [-0.2, 0) is 5.75 Å². The molecule has 0 bridgehead atoms. The van der Waals surface area contributed by atoms with Gasteiger partial charge in [-0.3, -0.25) is 4.79 Å². The summed E-state index contributed by atoms with van der Waals surface area (Å²) in [5.41, 5.74) is 0.929. The van der Waals surface area contributed by atoms with Crippen molar-refractivity contribution in [3.8, 4) is 0 Å². The minimum atomic E-state index is -0.354. The molecule has 2 aromatic rings. The van der Waals surface area contributed by atoms with E-state index in [1.807, 2.05) is 13.8 Å². The Morgan fingerprint density at radius 2 is 2.20 bits per heavy atom. The first-order valence-electron chi connectivity index (χ1n) is 6.14. The zero-order valence-corrected chi connectivity index (χ0v) is 12.7. The molecule has 0 saturated carbocycles. The Morgan fingerprint density at radius 3 is 2.85 bits per heavy atom. The fourth-order valence-corrected chi connectivity index (χ4v) is 2.85.